The third-order valence-electron chi connectivity index (χ3n) is 1.45. The molecular weight excluding hydrogens is 184 g/mol. The fraction of sp³-hybridized carbons (Fsp3) is 0.125. The van der Waals surface area contributed by atoms with Crippen molar-refractivity contribution in [1.82, 2.24) is 16.4 Å². The molecule has 0 saturated carbocycles. The van der Waals surface area contributed by atoms with Gasteiger partial charge < -0.3 is 0 Å². The van der Waals surface area contributed by atoms with Gasteiger partial charge in [-0.3, -0.25) is 10.3 Å². The summed E-state index contributed by atoms with van der Waals surface area (Å²) in [6, 6.07) is 8.96. The van der Waals surface area contributed by atoms with E-state index in [2.05, 4.69) is 11.0 Å². The van der Waals surface area contributed by atoms with Gasteiger partial charge in [0.25, 0.3) is 0 Å². The number of urea groups is 1. The molecule has 2 amide bonds. The molecule has 0 atom stereocenters. The van der Waals surface area contributed by atoms with Crippen LogP contribution in [0.25, 0.3) is 0 Å². The van der Waals surface area contributed by atoms with Crippen molar-refractivity contribution < 1.29 is 9.63 Å². The second kappa shape index (κ2) is 5.92. The molecule has 6 heteroatoms. The molecule has 0 aliphatic heterocycles. The van der Waals surface area contributed by atoms with Crippen molar-refractivity contribution in [2.75, 3.05) is 0 Å². The number of amides is 2. The van der Waals surface area contributed by atoms with E-state index >= 15 is 0 Å². The maximum atomic E-state index is 10.5. The van der Waals surface area contributed by atoms with Crippen molar-refractivity contribution in [1.29, 1.82) is 0 Å². The Balaban J connectivity index is 2.13. The summed E-state index contributed by atoms with van der Waals surface area (Å²) >= 11 is 0. The zero-order chi connectivity index (χ0) is 10.2. The Bertz CT molecular complexity index is 278. The van der Waals surface area contributed by atoms with Crippen LogP contribution in [0.5, 0.6) is 0 Å². The number of hydrogen-bond acceptors (Lipinski definition) is 4. The number of carbonyl (C=O) groups excluding carboxylic acids is 1. The molecule has 0 aliphatic rings. The highest BCUT2D eigenvalue weighted by atomic mass is 16.7. The third-order valence-corrected chi connectivity index (χ3v) is 1.45. The van der Waals surface area contributed by atoms with E-state index in [1.54, 1.807) is 0 Å². The zero-order valence-electron chi connectivity index (χ0n) is 7.49. The van der Waals surface area contributed by atoms with Gasteiger partial charge in [-0.15, -0.1) is 5.59 Å². The molecule has 0 fully saturated rings. The second-order valence-corrected chi connectivity index (χ2v) is 2.47. The highest BCUT2D eigenvalue weighted by molar-refractivity contribution is 5.72. The van der Waals surface area contributed by atoms with Gasteiger partial charge in [0.2, 0.25) is 0 Å². The van der Waals surface area contributed by atoms with Crippen molar-refractivity contribution >= 4 is 6.03 Å². The lowest BCUT2D eigenvalue weighted by molar-refractivity contribution is 0.00677. The second-order valence-electron chi connectivity index (χ2n) is 2.47. The normalized spacial score (nSPS) is 9.50. The topological polar surface area (TPSA) is 88.4 Å². The van der Waals surface area contributed by atoms with Crippen molar-refractivity contribution in [2.45, 2.75) is 6.61 Å². The molecular formula is C8H12N4O2. The first-order valence-electron chi connectivity index (χ1n) is 4.00. The average Bonchev–Trinajstić information content (AvgIpc) is 2.25. The Labute approximate surface area is 81.3 Å². The van der Waals surface area contributed by atoms with E-state index in [4.69, 9.17) is 10.7 Å². The molecule has 0 saturated heterocycles. The van der Waals surface area contributed by atoms with Gasteiger partial charge in [-0.25, -0.2) is 16.1 Å². The molecule has 14 heavy (non-hydrogen) atoms. The molecule has 0 bridgehead atoms. The lowest BCUT2D eigenvalue weighted by Gasteiger charge is -2.06. The van der Waals surface area contributed by atoms with E-state index in [1.165, 1.54) is 0 Å². The first kappa shape index (κ1) is 10.5. The Morgan fingerprint density at radius 1 is 1.36 bits per heavy atom. The summed E-state index contributed by atoms with van der Waals surface area (Å²) in [7, 11) is 0. The molecule has 0 spiro atoms. The molecule has 0 aromatic heterocycles. The summed E-state index contributed by atoms with van der Waals surface area (Å²) in [5.41, 5.74) is 7.26. The predicted molar refractivity (Wildman–Crippen MR) is 50.2 cm³/mol. The van der Waals surface area contributed by atoms with Crippen molar-refractivity contribution in [3.63, 3.8) is 0 Å². The molecule has 0 heterocycles. The van der Waals surface area contributed by atoms with Gasteiger partial charge in [-0.2, -0.15) is 0 Å². The van der Waals surface area contributed by atoms with Crippen LogP contribution in [0.15, 0.2) is 30.3 Å². The summed E-state index contributed by atoms with van der Waals surface area (Å²) in [4.78, 5) is 15.4. The highest BCUT2D eigenvalue weighted by Gasteiger charge is 1.94. The van der Waals surface area contributed by atoms with Crippen LogP contribution < -0.4 is 22.3 Å². The number of nitrogens with two attached hydrogens (primary N) is 1. The van der Waals surface area contributed by atoms with Crippen molar-refractivity contribution in [3.05, 3.63) is 35.9 Å². The Hall–Kier alpha value is -1.63. The fourth-order valence-corrected chi connectivity index (χ4v) is 0.812. The maximum absolute atomic E-state index is 10.5. The quantitative estimate of drug-likeness (QED) is 0.232. The molecule has 5 N–H and O–H groups in total. The van der Waals surface area contributed by atoms with E-state index in [9.17, 15) is 4.79 Å². The average molecular weight is 196 g/mol. The number of nitrogens with one attached hydrogen (secondary N) is 3. The fourth-order valence-electron chi connectivity index (χ4n) is 0.812. The zero-order valence-corrected chi connectivity index (χ0v) is 7.49. The minimum atomic E-state index is -0.571. The van der Waals surface area contributed by atoms with Crippen LogP contribution in [-0.4, -0.2) is 6.03 Å². The summed E-state index contributed by atoms with van der Waals surface area (Å²) in [6.45, 7) is 0.353. The lowest BCUT2D eigenvalue weighted by Crippen LogP contribution is -2.46. The van der Waals surface area contributed by atoms with Gasteiger partial charge >= 0.3 is 6.03 Å². The Kier molecular flexibility index (Phi) is 4.42. The molecule has 1 aromatic carbocycles. The van der Waals surface area contributed by atoms with Crippen LogP contribution in [0.1, 0.15) is 5.56 Å². The molecule has 76 valence electrons. The van der Waals surface area contributed by atoms with Gasteiger partial charge in [0, 0.05) is 0 Å². The minimum Gasteiger partial charge on any atom is -0.277 e. The van der Waals surface area contributed by atoms with E-state index in [0.717, 1.165) is 5.56 Å². The van der Waals surface area contributed by atoms with Crippen molar-refractivity contribution in [3.8, 4) is 0 Å². The summed E-state index contributed by atoms with van der Waals surface area (Å²) < 4.78 is 0. The molecule has 0 unspecified atom stereocenters. The third kappa shape index (κ3) is 3.85. The van der Waals surface area contributed by atoms with Gasteiger partial charge in [0.05, 0.1) is 6.61 Å². The highest BCUT2D eigenvalue weighted by Crippen LogP contribution is 1.98. The van der Waals surface area contributed by atoms with E-state index < -0.39 is 6.03 Å². The number of rotatable bonds is 4. The molecule has 0 aliphatic carbocycles. The molecule has 1 rings (SSSR count). The van der Waals surface area contributed by atoms with E-state index in [0.29, 0.717) is 6.61 Å². The SMILES string of the molecule is NNC(=O)NNOCc1ccccc1. The lowest BCUT2D eigenvalue weighted by atomic mass is 10.2. The first-order valence-corrected chi connectivity index (χ1v) is 4.00. The molecule has 0 radical (unpaired) electrons. The van der Waals surface area contributed by atoms with Gasteiger partial charge in [-0.1, -0.05) is 30.3 Å². The number of hydrazine groups is 2. The van der Waals surface area contributed by atoms with Gasteiger partial charge in [-0.05, 0) is 5.56 Å². The smallest absolute Gasteiger partial charge is 0.277 e. The maximum Gasteiger partial charge on any atom is 0.345 e. The van der Waals surface area contributed by atoms with Crippen LogP contribution in [-0.2, 0) is 11.4 Å². The minimum absolute atomic E-state index is 0.353. The number of hydrogen-bond donors (Lipinski definition) is 4. The predicted octanol–water partition coefficient (Wildman–Crippen LogP) is -0.204. The summed E-state index contributed by atoms with van der Waals surface area (Å²) in [5, 5.41) is 0. The Morgan fingerprint density at radius 2 is 2.07 bits per heavy atom. The van der Waals surface area contributed by atoms with Crippen LogP contribution in [0.2, 0.25) is 0 Å². The van der Waals surface area contributed by atoms with E-state index in [-0.39, 0.29) is 0 Å². The van der Waals surface area contributed by atoms with Crippen LogP contribution in [0, 0.1) is 0 Å². The monoisotopic (exact) mass is 196 g/mol. The Morgan fingerprint density at radius 3 is 2.71 bits per heavy atom. The van der Waals surface area contributed by atoms with Gasteiger partial charge in [0.15, 0.2) is 0 Å². The summed E-state index contributed by atoms with van der Waals surface area (Å²) in [6.07, 6.45) is 0. The molecule has 1 aromatic rings. The van der Waals surface area contributed by atoms with Crippen LogP contribution in [0.4, 0.5) is 4.79 Å². The number of benzene rings is 1. The summed E-state index contributed by atoms with van der Waals surface area (Å²) in [5.74, 6) is 4.81. The van der Waals surface area contributed by atoms with E-state index in [1.807, 2.05) is 35.8 Å². The largest absolute Gasteiger partial charge is 0.345 e. The van der Waals surface area contributed by atoms with Crippen LogP contribution >= 0.6 is 0 Å². The first-order chi connectivity index (χ1) is 6.83. The van der Waals surface area contributed by atoms with Crippen LogP contribution in [0.3, 0.4) is 0 Å². The molecule has 6 nitrogen and oxygen atoms in total. The van der Waals surface area contributed by atoms with Crippen molar-refractivity contribution in [2.24, 2.45) is 5.84 Å². The standard InChI is InChI=1S/C8H12N4O2/c9-10-8(13)11-12-14-6-7-4-2-1-3-5-7/h1-5,12H,6,9H2,(H2,10,11,13). The van der Waals surface area contributed by atoms with Gasteiger partial charge in [0.1, 0.15) is 0 Å². The number of carbonyl (C=O) groups is 1.